The van der Waals surface area contributed by atoms with Gasteiger partial charge in [-0.25, -0.2) is 23.7 Å². The topological polar surface area (TPSA) is 116 Å². The molecule has 0 spiro atoms. The van der Waals surface area contributed by atoms with E-state index in [9.17, 15) is 14.0 Å². The van der Waals surface area contributed by atoms with Crippen molar-refractivity contribution >= 4 is 33.0 Å². The van der Waals surface area contributed by atoms with Gasteiger partial charge in [0.15, 0.2) is 17.2 Å². The number of ether oxygens (including phenoxy) is 1. The maximum Gasteiger partial charge on any atom is 0.332 e. The fourth-order valence-electron chi connectivity index (χ4n) is 2.97. The van der Waals surface area contributed by atoms with Crippen LogP contribution < -0.4 is 16.2 Å². The Morgan fingerprint density at radius 1 is 1.24 bits per heavy atom. The van der Waals surface area contributed by atoms with Gasteiger partial charge in [0.05, 0.1) is 17.3 Å². The van der Waals surface area contributed by atoms with Crippen molar-refractivity contribution in [3.8, 4) is 22.8 Å². The van der Waals surface area contributed by atoms with Crippen LogP contribution in [0.1, 0.15) is 10.5 Å². The maximum absolute atomic E-state index is 14.0. The third kappa shape index (κ3) is 3.17. The van der Waals surface area contributed by atoms with Crippen molar-refractivity contribution in [2.75, 3.05) is 7.11 Å². The number of nitrogens with one attached hydrogen (secondary N) is 1. The minimum Gasteiger partial charge on any atom is -0.495 e. The quantitative estimate of drug-likeness (QED) is 0.488. The number of H-pyrrole nitrogens is 1. The van der Waals surface area contributed by atoms with E-state index >= 15 is 0 Å². The predicted molar refractivity (Wildman–Crippen MR) is 108 cm³/mol. The Kier molecular flexibility index (Phi) is 4.63. The van der Waals surface area contributed by atoms with Gasteiger partial charge < -0.3 is 15.5 Å². The lowest BCUT2D eigenvalue weighted by atomic mass is 10.2. The van der Waals surface area contributed by atoms with Gasteiger partial charge in [-0.3, -0.25) is 4.79 Å². The van der Waals surface area contributed by atoms with Gasteiger partial charge in [-0.1, -0.05) is 12.1 Å². The molecule has 0 aliphatic carbocycles. The van der Waals surface area contributed by atoms with Crippen LogP contribution in [0, 0.1) is 5.82 Å². The van der Waals surface area contributed by atoms with Gasteiger partial charge in [0, 0.05) is 5.56 Å². The summed E-state index contributed by atoms with van der Waals surface area (Å²) >= 11 is 3.09. The molecule has 0 saturated heterocycles. The zero-order chi connectivity index (χ0) is 20.7. The first kappa shape index (κ1) is 18.8. The van der Waals surface area contributed by atoms with E-state index in [1.807, 2.05) is 0 Å². The number of fused-ring (bicyclic) bond motifs is 1. The van der Waals surface area contributed by atoms with Crippen molar-refractivity contribution in [1.82, 2.24) is 19.5 Å². The number of primary amides is 1. The molecule has 0 saturated carbocycles. The summed E-state index contributed by atoms with van der Waals surface area (Å²) in [6.45, 7) is 0. The second-order valence-electron chi connectivity index (χ2n) is 6.02. The van der Waals surface area contributed by atoms with Gasteiger partial charge in [-0.15, -0.1) is 0 Å². The van der Waals surface area contributed by atoms with E-state index in [0.29, 0.717) is 17.0 Å². The standard InChI is InChI=1S/C19H13BrFN5O3/c1-29-13-5-3-2-4-12(13)26-18-15(24-19(26)28)14(16(22)27)23-17(25-18)9-6-7-10(20)11(21)8-9/h2-8H,1H3,(H2,22,27)(H,24,28). The highest BCUT2D eigenvalue weighted by Gasteiger charge is 2.21. The minimum absolute atomic E-state index is 0.0420. The van der Waals surface area contributed by atoms with Crippen molar-refractivity contribution < 1.29 is 13.9 Å². The number of carbonyl (C=O) groups excluding carboxylic acids is 1. The number of nitrogens with two attached hydrogens (primary N) is 1. The number of benzene rings is 2. The normalized spacial score (nSPS) is 11.0. The molecule has 1 amide bonds. The molecule has 0 aliphatic heterocycles. The number of hydrogen-bond donors (Lipinski definition) is 2. The van der Waals surface area contributed by atoms with Crippen LogP contribution in [0.4, 0.5) is 4.39 Å². The van der Waals surface area contributed by atoms with Crippen molar-refractivity contribution in [2.45, 2.75) is 0 Å². The number of aromatic amines is 1. The highest BCUT2D eigenvalue weighted by Crippen LogP contribution is 2.27. The molecule has 3 N–H and O–H groups in total. The van der Waals surface area contributed by atoms with Crippen LogP contribution in [0.3, 0.4) is 0 Å². The molecule has 4 aromatic rings. The summed E-state index contributed by atoms with van der Waals surface area (Å²) < 4.78 is 20.9. The first-order valence-electron chi connectivity index (χ1n) is 8.32. The SMILES string of the molecule is COc1ccccc1-n1c(=O)[nH]c2c(C(N)=O)nc(-c3ccc(Br)c(F)c3)nc21. The van der Waals surface area contributed by atoms with Crippen LogP contribution in [0.5, 0.6) is 5.75 Å². The number of methoxy groups -OCH3 is 1. The molecule has 0 atom stereocenters. The number of rotatable bonds is 4. The Morgan fingerprint density at radius 2 is 2.00 bits per heavy atom. The smallest absolute Gasteiger partial charge is 0.332 e. The zero-order valence-corrected chi connectivity index (χ0v) is 16.5. The molecular formula is C19H13BrFN5O3. The van der Waals surface area contributed by atoms with Crippen LogP contribution in [0.2, 0.25) is 0 Å². The predicted octanol–water partition coefficient (Wildman–Crippen LogP) is 2.78. The van der Waals surface area contributed by atoms with E-state index in [-0.39, 0.29) is 27.2 Å². The van der Waals surface area contributed by atoms with Gasteiger partial charge in [-0.2, -0.15) is 0 Å². The molecule has 10 heteroatoms. The van der Waals surface area contributed by atoms with E-state index in [4.69, 9.17) is 10.5 Å². The summed E-state index contributed by atoms with van der Waals surface area (Å²) in [6.07, 6.45) is 0. The highest BCUT2D eigenvalue weighted by molar-refractivity contribution is 9.10. The van der Waals surface area contributed by atoms with Crippen molar-refractivity contribution in [1.29, 1.82) is 0 Å². The van der Waals surface area contributed by atoms with Gasteiger partial charge >= 0.3 is 5.69 Å². The van der Waals surface area contributed by atoms with E-state index in [2.05, 4.69) is 30.9 Å². The second kappa shape index (κ2) is 7.13. The van der Waals surface area contributed by atoms with E-state index in [0.717, 1.165) is 0 Å². The summed E-state index contributed by atoms with van der Waals surface area (Å²) in [5.74, 6) is -0.918. The first-order valence-corrected chi connectivity index (χ1v) is 9.11. The third-order valence-corrected chi connectivity index (χ3v) is 4.92. The van der Waals surface area contributed by atoms with Crippen LogP contribution in [0.15, 0.2) is 51.7 Å². The number of para-hydroxylation sites is 2. The average Bonchev–Trinajstić information content (AvgIpc) is 3.04. The summed E-state index contributed by atoms with van der Waals surface area (Å²) in [5, 5.41) is 0. The zero-order valence-electron chi connectivity index (χ0n) is 14.9. The highest BCUT2D eigenvalue weighted by atomic mass is 79.9. The molecular weight excluding hydrogens is 445 g/mol. The Morgan fingerprint density at radius 3 is 2.69 bits per heavy atom. The summed E-state index contributed by atoms with van der Waals surface area (Å²) in [4.78, 5) is 35.8. The van der Waals surface area contributed by atoms with E-state index in [1.165, 1.54) is 23.8 Å². The van der Waals surface area contributed by atoms with Gasteiger partial charge in [0.1, 0.15) is 17.1 Å². The number of halogens is 2. The molecule has 0 fully saturated rings. The maximum atomic E-state index is 14.0. The molecule has 2 aromatic carbocycles. The fraction of sp³-hybridized carbons (Fsp3) is 0.0526. The van der Waals surface area contributed by atoms with Crippen molar-refractivity contribution in [3.63, 3.8) is 0 Å². The van der Waals surface area contributed by atoms with Crippen LogP contribution >= 0.6 is 15.9 Å². The summed E-state index contributed by atoms with van der Waals surface area (Å²) in [6, 6.07) is 11.1. The molecule has 0 bridgehead atoms. The number of carbonyl (C=O) groups is 1. The lowest BCUT2D eigenvalue weighted by molar-refractivity contribution is 0.0997. The first-order chi connectivity index (χ1) is 13.9. The summed E-state index contributed by atoms with van der Waals surface area (Å²) in [5.41, 5.74) is 5.65. The molecule has 0 aliphatic rings. The molecule has 0 radical (unpaired) electrons. The van der Waals surface area contributed by atoms with Gasteiger partial charge in [0.25, 0.3) is 5.91 Å². The van der Waals surface area contributed by atoms with E-state index in [1.54, 1.807) is 30.3 Å². The molecule has 146 valence electrons. The number of nitrogens with zero attached hydrogens (tertiary/aromatic N) is 3. The number of aromatic nitrogens is 4. The summed E-state index contributed by atoms with van der Waals surface area (Å²) in [7, 11) is 1.47. The van der Waals surface area contributed by atoms with Crippen LogP contribution in [-0.4, -0.2) is 32.5 Å². The Balaban J connectivity index is 2.08. The van der Waals surface area contributed by atoms with Gasteiger partial charge in [0.2, 0.25) is 0 Å². The molecule has 0 unspecified atom stereocenters. The van der Waals surface area contributed by atoms with Crippen molar-refractivity contribution in [3.05, 3.63) is 68.9 Å². The molecule has 29 heavy (non-hydrogen) atoms. The molecule has 8 nitrogen and oxygen atoms in total. The lowest BCUT2D eigenvalue weighted by Crippen LogP contribution is -2.16. The van der Waals surface area contributed by atoms with Gasteiger partial charge in [-0.05, 0) is 46.3 Å². The second-order valence-corrected chi connectivity index (χ2v) is 6.88. The Bertz CT molecular complexity index is 1330. The number of imidazole rings is 1. The molecule has 2 aromatic heterocycles. The van der Waals surface area contributed by atoms with Crippen LogP contribution in [0.25, 0.3) is 28.2 Å². The molecule has 2 heterocycles. The number of hydrogen-bond acceptors (Lipinski definition) is 5. The van der Waals surface area contributed by atoms with E-state index < -0.39 is 17.4 Å². The minimum atomic E-state index is -0.857. The fourth-order valence-corrected chi connectivity index (χ4v) is 3.21. The van der Waals surface area contributed by atoms with Crippen LogP contribution in [-0.2, 0) is 0 Å². The lowest BCUT2D eigenvalue weighted by Gasteiger charge is -2.10. The van der Waals surface area contributed by atoms with Crippen molar-refractivity contribution in [2.24, 2.45) is 5.73 Å². The Hall–Kier alpha value is -3.53. The third-order valence-electron chi connectivity index (χ3n) is 4.27. The Labute approximate surface area is 171 Å². The molecule has 4 rings (SSSR count). The monoisotopic (exact) mass is 457 g/mol. The largest absolute Gasteiger partial charge is 0.495 e. The number of amides is 1. The average molecular weight is 458 g/mol.